The number of hydrogen-bond acceptors (Lipinski definition) is 8. The summed E-state index contributed by atoms with van der Waals surface area (Å²) < 4.78 is 25.4. The Balaban J connectivity index is 3.29. The maximum absolute atomic E-state index is 11.0. The third-order valence-electron chi connectivity index (χ3n) is 2.45. The van der Waals surface area contributed by atoms with Crippen molar-refractivity contribution in [3.8, 4) is 12.3 Å². The monoisotopic (exact) mass is 342 g/mol. The summed E-state index contributed by atoms with van der Waals surface area (Å²) in [4.78, 5) is 15.0. The zero-order valence-corrected chi connectivity index (χ0v) is 14.1. The summed E-state index contributed by atoms with van der Waals surface area (Å²) in [6.07, 6.45) is 7.85. The van der Waals surface area contributed by atoms with E-state index in [0.29, 0.717) is 59.4 Å². The van der Waals surface area contributed by atoms with E-state index in [9.17, 15) is 4.79 Å². The lowest BCUT2D eigenvalue weighted by atomic mass is 10.4. The molecule has 0 bridgehead atoms. The van der Waals surface area contributed by atoms with Crippen LogP contribution in [0, 0.1) is 12.3 Å². The molecule has 136 valence electrons. The van der Waals surface area contributed by atoms with E-state index in [1.165, 1.54) is 19.4 Å². The van der Waals surface area contributed by atoms with E-state index in [2.05, 4.69) is 15.6 Å². The highest BCUT2D eigenvalue weighted by Gasteiger charge is 2.00. The van der Waals surface area contributed by atoms with Gasteiger partial charge in [-0.25, -0.2) is 4.79 Å². The van der Waals surface area contributed by atoms with Crippen molar-refractivity contribution < 1.29 is 28.5 Å². The molecule has 0 aromatic heterocycles. The highest BCUT2D eigenvalue weighted by atomic mass is 16.6. The van der Waals surface area contributed by atoms with E-state index in [-0.39, 0.29) is 5.70 Å². The molecule has 24 heavy (non-hydrogen) atoms. The second kappa shape index (κ2) is 17.4. The van der Waals surface area contributed by atoms with Crippen molar-refractivity contribution in [2.75, 3.05) is 66.5 Å². The van der Waals surface area contributed by atoms with Gasteiger partial charge in [-0.15, -0.1) is 6.42 Å². The van der Waals surface area contributed by atoms with Crippen LogP contribution in [-0.4, -0.2) is 78.7 Å². The molecule has 8 heteroatoms. The number of hydrogen-bond donors (Lipinski definition) is 1. The number of methoxy groups -OCH3 is 1. The Kier molecular flexibility index (Phi) is 16.0. The number of rotatable bonds is 15. The van der Waals surface area contributed by atoms with Gasteiger partial charge in [-0.3, -0.25) is 4.99 Å². The topological polar surface area (TPSA) is 102 Å². The van der Waals surface area contributed by atoms with Gasteiger partial charge in [-0.05, 0) is 6.08 Å². The molecule has 0 aromatic carbocycles. The smallest absolute Gasteiger partial charge is 0.353 e. The highest BCUT2D eigenvalue weighted by molar-refractivity contribution is 5.92. The fourth-order valence-electron chi connectivity index (χ4n) is 1.30. The summed E-state index contributed by atoms with van der Waals surface area (Å²) in [5.74, 6) is 1.79. The summed E-state index contributed by atoms with van der Waals surface area (Å²) in [5.41, 5.74) is 5.41. The van der Waals surface area contributed by atoms with Gasteiger partial charge in [-0.1, -0.05) is 5.92 Å². The van der Waals surface area contributed by atoms with E-state index in [1.54, 1.807) is 0 Å². The van der Waals surface area contributed by atoms with Gasteiger partial charge in [0.25, 0.3) is 0 Å². The maximum Gasteiger partial charge on any atom is 0.353 e. The first-order valence-electron chi connectivity index (χ1n) is 7.50. The standard InChI is InChI=1S/C16H26N2O6/c1-3-7-21-9-11-23-13-14-24-12-10-22-8-6-18-5-4-15(17)16(19)20-2/h1,4-5H,6-14,17H2,2H3/b15-4-,18-5?. The van der Waals surface area contributed by atoms with Gasteiger partial charge in [0, 0.05) is 6.21 Å². The van der Waals surface area contributed by atoms with E-state index in [0.717, 1.165) is 0 Å². The van der Waals surface area contributed by atoms with Crippen molar-refractivity contribution >= 4 is 12.2 Å². The Morgan fingerprint density at radius 2 is 1.58 bits per heavy atom. The summed E-state index contributed by atoms with van der Waals surface area (Å²) in [5, 5.41) is 0. The summed E-state index contributed by atoms with van der Waals surface area (Å²) in [7, 11) is 1.26. The predicted octanol–water partition coefficient (Wildman–Crippen LogP) is -0.228. The molecular weight excluding hydrogens is 316 g/mol. The van der Waals surface area contributed by atoms with E-state index in [4.69, 9.17) is 31.1 Å². The normalized spacial score (nSPS) is 11.6. The van der Waals surface area contributed by atoms with Gasteiger partial charge in [0.1, 0.15) is 12.3 Å². The minimum Gasteiger partial charge on any atom is -0.464 e. The van der Waals surface area contributed by atoms with Crippen LogP contribution < -0.4 is 5.73 Å². The SMILES string of the molecule is C#CCOCCOCCOCCOCCN=C/C=C(\N)C(=O)OC. The van der Waals surface area contributed by atoms with Gasteiger partial charge in [0.05, 0.1) is 59.9 Å². The molecule has 0 aromatic rings. The molecule has 0 amide bonds. The van der Waals surface area contributed by atoms with Crippen molar-refractivity contribution in [1.82, 2.24) is 0 Å². The predicted molar refractivity (Wildman–Crippen MR) is 89.8 cm³/mol. The fourth-order valence-corrected chi connectivity index (χ4v) is 1.30. The molecule has 0 rings (SSSR count). The van der Waals surface area contributed by atoms with Crippen LogP contribution >= 0.6 is 0 Å². The second-order valence-corrected chi connectivity index (χ2v) is 4.26. The van der Waals surface area contributed by atoms with Gasteiger partial charge in [0.2, 0.25) is 0 Å². The van der Waals surface area contributed by atoms with Crippen LogP contribution in [0.5, 0.6) is 0 Å². The summed E-state index contributed by atoms with van der Waals surface area (Å²) >= 11 is 0. The van der Waals surface area contributed by atoms with Crippen LogP contribution in [0.3, 0.4) is 0 Å². The largest absolute Gasteiger partial charge is 0.464 e. The van der Waals surface area contributed by atoms with Crippen LogP contribution in [0.1, 0.15) is 0 Å². The van der Waals surface area contributed by atoms with Crippen molar-refractivity contribution in [3.05, 3.63) is 11.8 Å². The van der Waals surface area contributed by atoms with Crippen LogP contribution in [0.15, 0.2) is 16.8 Å². The van der Waals surface area contributed by atoms with Crippen molar-refractivity contribution in [2.24, 2.45) is 10.7 Å². The number of terminal acetylenes is 1. The number of allylic oxidation sites excluding steroid dienone is 1. The number of carbonyl (C=O) groups excluding carboxylic acids is 1. The first-order valence-corrected chi connectivity index (χ1v) is 7.50. The molecule has 0 spiro atoms. The lowest BCUT2D eigenvalue weighted by molar-refractivity contribution is -0.136. The molecular formula is C16H26N2O6. The average Bonchev–Trinajstić information content (AvgIpc) is 2.60. The Morgan fingerprint density at radius 1 is 1.04 bits per heavy atom. The molecule has 0 aliphatic carbocycles. The van der Waals surface area contributed by atoms with Crippen LogP contribution in [0.2, 0.25) is 0 Å². The molecule has 0 saturated carbocycles. The van der Waals surface area contributed by atoms with Gasteiger partial charge in [-0.2, -0.15) is 0 Å². The first kappa shape index (κ1) is 22.1. The number of carbonyl (C=O) groups is 1. The number of esters is 1. The lowest BCUT2D eigenvalue weighted by Gasteiger charge is -2.06. The third kappa shape index (κ3) is 15.0. The minimum atomic E-state index is -0.584. The van der Waals surface area contributed by atoms with E-state index in [1.807, 2.05) is 0 Å². The van der Waals surface area contributed by atoms with Crippen molar-refractivity contribution in [2.45, 2.75) is 0 Å². The van der Waals surface area contributed by atoms with Gasteiger partial charge in [0.15, 0.2) is 0 Å². The molecule has 0 saturated heterocycles. The Bertz CT molecular complexity index is 417. The zero-order chi connectivity index (χ0) is 17.9. The average molecular weight is 342 g/mol. The molecule has 0 atom stereocenters. The van der Waals surface area contributed by atoms with Crippen LogP contribution in [0.4, 0.5) is 0 Å². The number of aliphatic imine (C=N–C) groups is 1. The minimum absolute atomic E-state index is 0.000367. The molecule has 0 radical (unpaired) electrons. The molecule has 0 heterocycles. The molecule has 0 aliphatic heterocycles. The fraction of sp³-hybridized carbons (Fsp3) is 0.625. The number of nitrogens with zero attached hydrogens (tertiary/aromatic N) is 1. The van der Waals surface area contributed by atoms with E-state index >= 15 is 0 Å². The lowest BCUT2D eigenvalue weighted by Crippen LogP contribution is -2.13. The third-order valence-corrected chi connectivity index (χ3v) is 2.45. The highest BCUT2D eigenvalue weighted by Crippen LogP contribution is 1.86. The quantitative estimate of drug-likeness (QED) is 0.144. The van der Waals surface area contributed by atoms with E-state index < -0.39 is 5.97 Å². The molecule has 2 N–H and O–H groups in total. The Hall–Kier alpha value is -1.92. The maximum atomic E-state index is 11.0. The van der Waals surface area contributed by atoms with Crippen LogP contribution in [-0.2, 0) is 28.5 Å². The van der Waals surface area contributed by atoms with Gasteiger partial charge >= 0.3 is 5.97 Å². The van der Waals surface area contributed by atoms with Crippen LogP contribution in [0.25, 0.3) is 0 Å². The molecule has 0 aliphatic rings. The van der Waals surface area contributed by atoms with Gasteiger partial charge < -0.3 is 29.4 Å². The summed E-state index contributed by atoms with van der Waals surface area (Å²) in [6, 6.07) is 0. The summed E-state index contributed by atoms with van der Waals surface area (Å²) in [6.45, 7) is 4.14. The second-order valence-electron chi connectivity index (χ2n) is 4.26. The zero-order valence-electron chi connectivity index (χ0n) is 14.1. The first-order chi connectivity index (χ1) is 11.7. The number of ether oxygens (including phenoxy) is 5. The van der Waals surface area contributed by atoms with Crippen molar-refractivity contribution in [3.63, 3.8) is 0 Å². The molecule has 0 fully saturated rings. The van der Waals surface area contributed by atoms with Crippen molar-refractivity contribution in [1.29, 1.82) is 0 Å². The molecule has 8 nitrogen and oxygen atoms in total. The Morgan fingerprint density at radius 3 is 2.12 bits per heavy atom. The Labute approximate surface area is 142 Å². The molecule has 0 unspecified atom stereocenters. The number of nitrogens with two attached hydrogens (primary N) is 1.